The summed E-state index contributed by atoms with van der Waals surface area (Å²) < 4.78 is 6.09. The lowest BCUT2D eigenvalue weighted by Crippen LogP contribution is -2.40. The second kappa shape index (κ2) is 7.19. The van der Waals surface area contributed by atoms with Crippen LogP contribution < -0.4 is 5.56 Å². The minimum absolute atomic E-state index is 0.178. The zero-order valence-electron chi connectivity index (χ0n) is 14.8. The number of H-pyrrole nitrogens is 1. The van der Waals surface area contributed by atoms with E-state index in [1.54, 1.807) is 18.6 Å². The molecule has 2 rings (SSSR count). The number of rotatable bonds is 5. The quantitative estimate of drug-likeness (QED) is 0.842. The highest BCUT2D eigenvalue weighted by Crippen LogP contribution is 2.36. The topological polar surface area (TPSA) is 80.8 Å². The van der Waals surface area contributed by atoms with E-state index in [0.717, 1.165) is 0 Å². The van der Waals surface area contributed by atoms with Crippen LogP contribution in [0.25, 0.3) is 17.3 Å². The summed E-state index contributed by atoms with van der Waals surface area (Å²) in [5.41, 5.74) is 1.29. The van der Waals surface area contributed by atoms with Crippen LogP contribution in [-0.4, -0.2) is 34.9 Å². The summed E-state index contributed by atoms with van der Waals surface area (Å²) in [4.78, 5) is 26.8. The fraction of sp³-hybridized carbons (Fsp3) is 0.412. The molecule has 2 aromatic heterocycles. The Morgan fingerprint density at radius 3 is 2.54 bits per heavy atom. The van der Waals surface area contributed by atoms with Crippen LogP contribution in [0.3, 0.4) is 0 Å². The molecular formula is C17H24N4O2Si. The summed E-state index contributed by atoms with van der Waals surface area (Å²) in [6.45, 7) is 11.6. The summed E-state index contributed by atoms with van der Waals surface area (Å²) in [5, 5.41) is 0.178. The van der Waals surface area contributed by atoms with Crippen molar-refractivity contribution in [2.24, 2.45) is 0 Å². The Morgan fingerprint density at radius 1 is 1.25 bits per heavy atom. The SMILES string of the molecule is CC(C)(C)[Si](C)(C)OC/C=C/c1c[nH]c(=O)c(-c2cncnc2)n1. The van der Waals surface area contributed by atoms with Crippen LogP contribution in [0.1, 0.15) is 26.5 Å². The molecule has 24 heavy (non-hydrogen) atoms. The predicted octanol–water partition coefficient (Wildman–Crippen LogP) is 3.26. The van der Waals surface area contributed by atoms with Gasteiger partial charge >= 0.3 is 0 Å². The second-order valence-electron chi connectivity index (χ2n) is 7.10. The highest BCUT2D eigenvalue weighted by molar-refractivity contribution is 6.74. The van der Waals surface area contributed by atoms with E-state index >= 15 is 0 Å². The number of aromatic nitrogens is 4. The third-order valence-electron chi connectivity index (χ3n) is 4.28. The first-order valence-electron chi connectivity index (χ1n) is 7.86. The fourth-order valence-corrected chi connectivity index (χ4v) is 2.71. The van der Waals surface area contributed by atoms with Gasteiger partial charge in [-0.05, 0) is 24.2 Å². The van der Waals surface area contributed by atoms with E-state index in [9.17, 15) is 4.79 Å². The van der Waals surface area contributed by atoms with E-state index < -0.39 is 8.32 Å². The summed E-state index contributed by atoms with van der Waals surface area (Å²) in [6.07, 6.45) is 9.90. The summed E-state index contributed by atoms with van der Waals surface area (Å²) in [5.74, 6) is 0. The molecule has 1 N–H and O–H groups in total. The third kappa shape index (κ3) is 4.45. The average molecular weight is 344 g/mol. The molecule has 2 heterocycles. The highest BCUT2D eigenvalue weighted by atomic mass is 28.4. The van der Waals surface area contributed by atoms with Crippen molar-refractivity contribution in [1.29, 1.82) is 0 Å². The van der Waals surface area contributed by atoms with Gasteiger partial charge in [0.25, 0.3) is 5.56 Å². The van der Waals surface area contributed by atoms with Crippen LogP contribution >= 0.6 is 0 Å². The van der Waals surface area contributed by atoms with Crippen molar-refractivity contribution in [1.82, 2.24) is 19.9 Å². The van der Waals surface area contributed by atoms with E-state index in [1.165, 1.54) is 6.33 Å². The van der Waals surface area contributed by atoms with Crippen molar-refractivity contribution >= 4 is 14.4 Å². The van der Waals surface area contributed by atoms with E-state index in [0.29, 0.717) is 23.6 Å². The largest absolute Gasteiger partial charge is 0.413 e. The minimum atomic E-state index is -1.76. The zero-order valence-corrected chi connectivity index (χ0v) is 15.8. The maximum absolute atomic E-state index is 11.9. The smallest absolute Gasteiger partial charge is 0.274 e. The Hall–Kier alpha value is -2.12. The van der Waals surface area contributed by atoms with Crippen LogP contribution in [-0.2, 0) is 4.43 Å². The van der Waals surface area contributed by atoms with Crippen molar-refractivity contribution in [3.63, 3.8) is 0 Å². The van der Waals surface area contributed by atoms with Crippen LogP contribution in [0, 0.1) is 0 Å². The standard InChI is InChI=1S/C17H24N4O2Si/c1-17(2,3)24(4,5)23-8-6-7-14-11-20-16(22)15(21-14)13-9-18-12-19-10-13/h6-7,9-12H,8H2,1-5H3,(H,20,22)/b7-6+. The van der Waals surface area contributed by atoms with Crippen LogP contribution in [0.5, 0.6) is 0 Å². The highest BCUT2D eigenvalue weighted by Gasteiger charge is 2.36. The van der Waals surface area contributed by atoms with Crippen LogP contribution in [0.4, 0.5) is 0 Å². The molecule has 0 saturated heterocycles. The van der Waals surface area contributed by atoms with Crippen molar-refractivity contribution in [2.75, 3.05) is 6.61 Å². The lowest BCUT2D eigenvalue weighted by molar-refractivity contribution is 0.328. The Morgan fingerprint density at radius 2 is 1.92 bits per heavy atom. The first-order valence-corrected chi connectivity index (χ1v) is 10.8. The maximum atomic E-state index is 11.9. The molecule has 0 amide bonds. The van der Waals surface area contributed by atoms with Gasteiger partial charge in [0.1, 0.15) is 12.0 Å². The second-order valence-corrected chi connectivity index (χ2v) is 11.9. The van der Waals surface area contributed by atoms with Crippen molar-refractivity contribution in [3.8, 4) is 11.3 Å². The molecule has 0 aliphatic rings. The van der Waals surface area contributed by atoms with Crippen LogP contribution in [0.15, 0.2) is 35.8 Å². The Bertz CT molecular complexity index is 764. The van der Waals surface area contributed by atoms with Crippen molar-refractivity contribution < 1.29 is 4.43 Å². The fourth-order valence-electron chi connectivity index (χ4n) is 1.76. The molecule has 6 nitrogen and oxygen atoms in total. The molecule has 2 aromatic rings. The molecule has 0 fully saturated rings. The van der Waals surface area contributed by atoms with Gasteiger partial charge in [0.05, 0.1) is 12.3 Å². The van der Waals surface area contributed by atoms with Crippen molar-refractivity contribution in [2.45, 2.75) is 38.9 Å². The molecule has 0 saturated carbocycles. The molecule has 0 radical (unpaired) electrons. The number of hydrogen-bond acceptors (Lipinski definition) is 5. The van der Waals surface area contributed by atoms with Gasteiger partial charge in [-0.3, -0.25) is 4.79 Å². The first-order chi connectivity index (χ1) is 11.2. The maximum Gasteiger partial charge on any atom is 0.274 e. The summed E-state index contributed by atoms with van der Waals surface area (Å²) >= 11 is 0. The summed E-state index contributed by atoms with van der Waals surface area (Å²) in [7, 11) is -1.76. The minimum Gasteiger partial charge on any atom is -0.413 e. The number of nitrogens with zero attached hydrogens (tertiary/aromatic N) is 3. The van der Waals surface area contributed by atoms with E-state index in [1.807, 2.05) is 12.2 Å². The van der Waals surface area contributed by atoms with E-state index in [4.69, 9.17) is 4.43 Å². The van der Waals surface area contributed by atoms with Gasteiger partial charge in [0, 0.05) is 24.2 Å². The van der Waals surface area contributed by atoms with Gasteiger partial charge in [-0.25, -0.2) is 15.0 Å². The molecule has 0 aliphatic heterocycles. The Balaban J connectivity index is 2.10. The van der Waals surface area contributed by atoms with Gasteiger partial charge in [-0.15, -0.1) is 0 Å². The Kier molecular flexibility index (Phi) is 5.46. The van der Waals surface area contributed by atoms with Gasteiger partial charge in [-0.2, -0.15) is 0 Å². The molecule has 0 bridgehead atoms. The normalized spacial score (nSPS) is 12.7. The molecular weight excluding hydrogens is 320 g/mol. The van der Waals surface area contributed by atoms with Gasteiger partial charge in [0.2, 0.25) is 0 Å². The van der Waals surface area contributed by atoms with Crippen LogP contribution in [0.2, 0.25) is 18.1 Å². The van der Waals surface area contributed by atoms with Gasteiger partial charge in [0.15, 0.2) is 8.32 Å². The number of aromatic amines is 1. The van der Waals surface area contributed by atoms with Crippen molar-refractivity contribution in [3.05, 3.63) is 47.0 Å². The number of hydrogen-bond donors (Lipinski definition) is 1. The van der Waals surface area contributed by atoms with Gasteiger partial charge < -0.3 is 9.41 Å². The molecule has 0 atom stereocenters. The molecule has 7 heteroatoms. The summed E-state index contributed by atoms with van der Waals surface area (Å²) in [6, 6.07) is 0. The lowest BCUT2D eigenvalue weighted by atomic mass is 10.2. The monoisotopic (exact) mass is 344 g/mol. The van der Waals surface area contributed by atoms with Gasteiger partial charge in [-0.1, -0.05) is 26.8 Å². The van der Waals surface area contributed by atoms with E-state index in [2.05, 4.69) is 53.8 Å². The first kappa shape index (κ1) is 18.2. The average Bonchev–Trinajstić information content (AvgIpc) is 2.53. The molecule has 0 unspecified atom stereocenters. The number of nitrogens with one attached hydrogen (secondary N) is 1. The van der Waals surface area contributed by atoms with E-state index in [-0.39, 0.29) is 10.6 Å². The molecule has 0 aliphatic carbocycles. The molecule has 128 valence electrons. The Labute approximate surface area is 143 Å². The molecule has 0 spiro atoms. The molecule has 0 aromatic carbocycles. The zero-order chi connectivity index (χ0) is 17.8. The third-order valence-corrected chi connectivity index (χ3v) is 8.78. The lowest BCUT2D eigenvalue weighted by Gasteiger charge is -2.35. The predicted molar refractivity (Wildman–Crippen MR) is 98.1 cm³/mol.